The molecule has 1 aromatic rings. The molecule has 1 aliphatic rings. The summed E-state index contributed by atoms with van der Waals surface area (Å²) in [6.07, 6.45) is 7.13. The number of hydrogen-bond acceptors (Lipinski definition) is 3. The highest BCUT2D eigenvalue weighted by atomic mass is 127. The lowest BCUT2D eigenvalue weighted by atomic mass is 9.90. The summed E-state index contributed by atoms with van der Waals surface area (Å²) in [4.78, 5) is 20.6. The molecular weight excluding hydrogens is 443 g/mol. The molecule has 1 aromatic heterocycles. The van der Waals surface area contributed by atoms with E-state index in [4.69, 9.17) is 0 Å². The first kappa shape index (κ1) is 22.7. The first-order chi connectivity index (χ1) is 11.8. The molecule has 1 fully saturated rings. The maximum Gasteiger partial charge on any atom is 0.246 e. The molecule has 0 spiro atoms. The molecule has 1 aliphatic heterocycles. The van der Waals surface area contributed by atoms with Crippen LogP contribution in [-0.2, 0) is 11.8 Å². The Morgan fingerprint density at radius 2 is 2.04 bits per heavy atom. The Labute approximate surface area is 174 Å². The monoisotopic (exact) mass is 476 g/mol. The molecule has 0 bridgehead atoms. The average molecular weight is 476 g/mol. The van der Waals surface area contributed by atoms with Crippen LogP contribution in [0.5, 0.6) is 0 Å². The molecule has 26 heavy (non-hydrogen) atoms. The Balaban J connectivity index is 0.00000338. The number of unbranched alkanes of at least 4 members (excludes halogenated alkanes) is 1. The van der Waals surface area contributed by atoms with Gasteiger partial charge < -0.3 is 15.1 Å². The van der Waals surface area contributed by atoms with Gasteiger partial charge in [0.05, 0.1) is 11.9 Å². The molecule has 0 saturated carbocycles. The number of hydrogen-bond donors (Lipinski definition) is 1. The van der Waals surface area contributed by atoms with Crippen molar-refractivity contribution in [3.8, 4) is 0 Å². The summed E-state index contributed by atoms with van der Waals surface area (Å²) in [6.45, 7) is 9.46. The molecule has 1 amide bonds. The molecule has 0 atom stereocenters. The number of rotatable bonds is 5. The minimum atomic E-state index is 0. The van der Waals surface area contributed by atoms with Crippen LogP contribution in [0.1, 0.15) is 40.0 Å². The van der Waals surface area contributed by atoms with Gasteiger partial charge in [0.2, 0.25) is 5.91 Å². The van der Waals surface area contributed by atoms with Crippen molar-refractivity contribution in [1.29, 1.82) is 0 Å². The highest BCUT2D eigenvalue weighted by Gasteiger charge is 2.27. The number of halogens is 1. The number of aromatic nitrogens is 2. The zero-order chi connectivity index (χ0) is 18.4. The number of carbonyl (C=O) groups is 1. The molecular formula is C18H33IN6O. The van der Waals surface area contributed by atoms with Crippen LogP contribution in [0.15, 0.2) is 17.4 Å². The number of nitrogens with one attached hydrogen (secondary N) is 1. The van der Waals surface area contributed by atoms with Gasteiger partial charge in [-0.3, -0.25) is 14.5 Å². The van der Waals surface area contributed by atoms with Crippen molar-refractivity contribution in [2.45, 2.75) is 40.0 Å². The quantitative estimate of drug-likeness (QED) is 0.307. The summed E-state index contributed by atoms with van der Waals surface area (Å²) in [5, 5.41) is 7.54. The molecule has 2 rings (SSSR count). The normalized spacial score (nSPS) is 15.9. The van der Waals surface area contributed by atoms with E-state index in [0.29, 0.717) is 18.5 Å². The van der Waals surface area contributed by atoms with Crippen LogP contribution in [-0.4, -0.2) is 59.8 Å². The maximum atomic E-state index is 12.5. The third-order valence-electron chi connectivity index (χ3n) is 4.37. The summed E-state index contributed by atoms with van der Waals surface area (Å²) in [5.74, 6) is 0.893. The van der Waals surface area contributed by atoms with Crippen LogP contribution in [0, 0.1) is 5.41 Å². The predicted octanol–water partition coefficient (Wildman–Crippen LogP) is 2.48. The highest BCUT2D eigenvalue weighted by molar-refractivity contribution is 14.0. The molecule has 0 unspecified atom stereocenters. The number of amides is 1. The van der Waals surface area contributed by atoms with Gasteiger partial charge in [-0.15, -0.1) is 24.0 Å². The molecule has 148 valence electrons. The van der Waals surface area contributed by atoms with Gasteiger partial charge in [0.15, 0.2) is 5.96 Å². The summed E-state index contributed by atoms with van der Waals surface area (Å²) < 4.78 is 1.72. The Kier molecular flexibility index (Phi) is 8.85. The number of aryl methyl sites for hydroxylation is 1. The van der Waals surface area contributed by atoms with E-state index >= 15 is 0 Å². The fourth-order valence-corrected chi connectivity index (χ4v) is 2.99. The molecule has 7 nitrogen and oxygen atoms in total. The van der Waals surface area contributed by atoms with Crippen molar-refractivity contribution in [2.24, 2.45) is 17.5 Å². The van der Waals surface area contributed by atoms with E-state index < -0.39 is 0 Å². The van der Waals surface area contributed by atoms with Crippen molar-refractivity contribution in [1.82, 2.24) is 20.0 Å². The molecule has 0 radical (unpaired) electrons. The number of anilines is 1. The Hall–Kier alpha value is -1.32. The Morgan fingerprint density at radius 1 is 1.31 bits per heavy atom. The summed E-state index contributed by atoms with van der Waals surface area (Å²) in [6, 6.07) is 0. The second-order valence-electron chi connectivity index (χ2n) is 7.83. The molecule has 0 aliphatic carbocycles. The van der Waals surface area contributed by atoms with E-state index in [0.717, 1.165) is 31.2 Å². The van der Waals surface area contributed by atoms with E-state index in [1.54, 1.807) is 22.8 Å². The van der Waals surface area contributed by atoms with Crippen LogP contribution in [0.25, 0.3) is 0 Å². The van der Waals surface area contributed by atoms with Gasteiger partial charge >= 0.3 is 0 Å². The van der Waals surface area contributed by atoms with Gasteiger partial charge in [-0.25, -0.2) is 0 Å². The van der Waals surface area contributed by atoms with Gasteiger partial charge in [0.1, 0.15) is 6.54 Å². The van der Waals surface area contributed by atoms with E-state index in [1.807, 2.05) is 18.1 Å². The van der Waals surface area contributed by atoms with Gasteiger partial charge in [0.25, 0.3) is 0 Å². The van der Waals surface area contributed by atoms with Crippen LogP contribution in [0.4, 0.5) is 5.69 Å². The predicted molar refractivity (Wildman–Crippen MR) is 117 cm³/mol. The highest BCUT2D eigenvalue weighted by Crippen LogP contribution is 2.21. The summed E-state index contributed by atoms with van der Waals surface area (Å²) in [5.41, 5.74) is 1.24. The van der Waals surface area contributed by atoms with Gasteiger partial charge in [-0.2, -0.15) is 5.10 Å². The maximum absolute atomic E-state index is 12.5. The summed E-state index contributed by atoms with van der Waals surface area (Å²) in [7, 11) is 3.63. The van der Waals surface area contributed by atoms with Crippen molar-refractivity contribution >= 4 is 41.5 Å². The zero-order valence-corrected chi connectivity index (χ0v) is 19.0. The second kappa shape index (κ2) is 10.1. The topological polar surface area (TPSA) is 65.8 Å². The third kappa shape index (κ3) is 6.77. The fourth-order valence-electron chi connectivity index (χ4n) is 2.99. The van der Waals surface area contributed by atoms with E-state index in [1.165, 1.54) is 12.8 Å². The molecule has 8 heteroatoms. The number of guanidine groups is 1. The Morgan fingerprint density at radius 3 is 2.58 bits per heavy atom. The number of carbonyl (C=O) groups excluding carboxylic acids is 1. The lowest BCUT2D eigenvalue weighted by Crippen LogP contribution is -2.55. The van der Waals surface area contributed by atoms with Crippen molar-refractivity contribution in [3.63, 3.8) is 0 Å². The molecule has 1 N–H and O–H groups in total. The van der Waals surface area contributed by atoms with E-state index in [9.17, 15) is 4.79 Å². The SMILES string of the molecule is CN=C(NCCCCC(C)(C)C)N1CCN(c2cnn(C)c2)C(=O)C1.I. The van der Waals surface area contributed by atoms with Crippen molar-refractivity contribution in [3.05, 3.63) is 12.4 Å². The third-order valence-corrected chi connectivity index (χ3v) is 4.37. The van der Waals surface area contributed by atoms with Crippen LogP contribution in [0.2, 0.25) is 0 Å². The smallest absolute Gasteiger partial charge is 0.246 e. The van der Waals surface area contributed by atoms with Crippen LogP contribution < -0.4 is 10.2 Å². The lowest BCUT2D eigenvalue weighted by Gasteiger charge is -2.35. The average Bonchev–Trinajstić information content (AvgIpc) is 2.96. The molecule has 0 aromatic carbocycles. The largest absolute Gasteiger partial charge is 0.356 e. The first-order valence-electron chi connectivity index (χ1n) is 9.05. The number of aliphatic imine (C=N–C) groups is 1. The minimum Gasteiger partial charge on any atom is -0.356 e. The van der Waals surface area contributed by atoms with Crippen molar-refractivity contribution < 1.29 is 4.79 Å². The van der Waals surface area contributed by atoms with E-state index in [2.05, 4.69) is 36.2 Å². The Bertz CT molecular complexity index is 607. The van der Waals surface area contributed by atoms with Crippen LogP contribution in [0.3, 0.4) is 0 Å². The van der Waals surface area contributed by atoms with Gasteiger partial charge in [-0.1, -0.05) is 27.2 Å². The number of piperazine rings is 1. The van der Waals surface area contributed by atoms with Crippen LogP contribution >= 0.6 is 24.0 Å². The number of nitrogens with zero attached hydrogens (tertiary/aromatic N) is 5. The minimum absolute atomic E-state index is 0. The molecule has 2 heterocycles. The lowest BCUT2D eigenvalue weighted by molar-refractivity contribution is -0.120. The first-order valence-corrected chi connectivity index (χ1v) is 9.05. The fraction of sp³-hybridized carbons (Fsp3) is 0.722. The second-order valence-corrected chi connectivity index (χ2v) is 7.83. The van der Waals surface area contributed by atoms with Crippen molar-refractivity contribution in [2.75, 3.05) is 38.1 Å². The van der Waals surface area contributed by atoms with E-state index in [-0.39, 0.29) is 29.9 Å². The van der Waals surface area contributed by atoms with Gasteiger partial charge in [-0.05, 0) is 18.3 Å². The molecule has 1 saturated heterocycles. The standard InChI is InChI=1S/C18H32N6O.HI/c1-18(2,3)8-6-7-9-20-17(19-4)23-10-11-24(16(25)14-23)15-12-21-22(5)13-15;/h12-13H,6-11,14H2,1-5H3,(H,19,20);1H. The zero-order valence-electron chi connectivity index (χ0n) is 16.7. The van der Waals surface area contributed by atoms with Gasteiger partial charge in [0, 0.05) is 39.9 Å². The summed E-state index contributed by atoms with van der Waals surface area (Å²) >= 11 is 0.